The van der Waals surface area contributed by atoms with Crippen LogP contribution < -0.4 is 9.46 Å². The molecule has 0 saturated heterocycles. The highest BCUT2D eigenvalue weighted by molar-refractivity contribution is 7.92. The predicted octanol–water partition coefficient (Wildman–Crippen LogP) is 4.17. The number of amides is 1. The largest absolute Gasteiger partial charge is 0.494 e. The Hall–Kier alpha value is -3.36. The van der Waals surface area contributed by atoms with Gasteiger partial charge in [0.1, 0.15) is 5.75 Å². The first-order chi connectivity index (χ1) is 15.9. The van der Waals surface area contributed by atoms with Crippen LogP contribution in [0.3, 0.4) is 0 Å². The van der Waals surface area contributed by atoms with E-state index in [4.69, 9.17) is 9.47 Å². The first-order valence-electron chi connectivity index (χ1n) is 10.6. The highest BCUT2D eigenvalue weighted by atomic mass is 32.2. The second-order valence-corrected chi connectivity index (χ2v) is 8.97. The van der Waals surface area contributed by atoms with Crippen molar-refractivity contribution in [2.45, 2.75) is 18.4 Å². The third-order valence-corrected chi connectivity index (χ3v) is 6.30. The molecule has 0 aromatic heterocycles. The van der Waals surface area contributed by atoms with Crippen LogP contribution in [0.2, 0.25) is 0 Å². The number of nitrogens with zero attached hydrogens (tertiary/aromatic N) is 1. The maximum Gasteiger partial charge on any atom is 0.261 e. The first-order valence-corrected chi connectivity index (χ1v) is 12.1. The van der Waals surface area contributed by atoms with E-state index in [1.165, 1.54) is 12.1 Å². The van der Waals surface area contributed by atoms with Gasteiger partial charge in [0.25, 0.3) is 15.9 Å². The lowest BCUT2D eigenvalue weighted by atomic mass is 10.1. The number of nitrogens with one attached hydrogen (secondary N) is 1. The third kappa shape index (κ3) is 6.81. The number of anilines is 1. The minimum atomic E-state index is -3.76. The molecule has 7 nitrogen and oxygen atoms in total. The summed E-state index contributed by atoms with van der Waals surface area (Å²) < 4.78 is 38.4. The lowest BCUT2D eigenvalue weighted by molar-refractivity contribution is 0.0680. The van der Waals surface area contributed by atoms with E-state index in [0.717, 1.165) is 5.56 Å². The second kappa shape index (κ2) is 11.5. The quantitative estimate of drug-likeness (QED) is 0.456. The number of benzene rings is 3. The summed E-state index contributed by atoms with van der Waals surface area (Å²) >= 11 is 0. The van der Waals surface area contributed by atoms with E-state index in [1.807, 2.05) is 37.3 Å². The molecule has 0 bridgehead atoms. The summed E-state index contributed by atoms with van der Waals surface area (Å²) in [6.07, 6.45) is 0. The van der Waals surface area contributed by atoms with Crippen LogP contribution in [0.1, 0.15) is 22.8 Å². The van der Waals surface area contributed by atoms with Crippen molar-refractivity contribution in [2.75, 3.05) is 31.6 Å². The Bertz CT molecular complexity index is 1130. The number of rotatable bonds is 11. The van der Waals surface area contributed by atoms with Crippen LogP contribution in [0.25, 0.3) is 0 Å². The average molecular weight is 469 g/mol. The van der Waals surface area contributed by atoms with Gasteiger partial charge < -0.3 is 14.4 Å². The van der Waals surface area contributed by atoms with Crippen LogP contribution in [0.4, 0.5) is 5.69 Å². The van der Waals surface area contributed by atoms with Crippen molar-refractivity contribution in [3.63, 3.8) is 0 Å². The monoisotopic (exact) mass is 468 g/mol. The normalized spacial score (nSPS) is 11.1. The van der Waals surface area contributed by atoms with Gasteiger partial charge in [-0.2, -0.15) is 0 Å². The summed E-state index contributed by atoms with van der Waals surface area (Å²) in [7, 11) is -2.17. The van der Waals surface area contributed by atoms with E-state index in [2.05, 4.69) is 4.72 Å². The van der Waals surface area contributed by atoms with E-state index in [9.17, 15) is 13.2 Å². The molecular weight excluding hydrogens is 440 g/mol. The molecule has 174 valence electrons. The fourth-order valence-corrected chi connectivity index (χ4v) is 4.28. The number of ether oxygens (including phenoxy) is 2. The van der Waals surface area contributed by atoms with Crippen molar-refractivity contribution >= 4 is 21.6 Å². The molecule has 0 radical (unpaired) electrons. The third-order valence-electron chi connectivity index (χ3n) is 4.90. The summed E-state index contributed by atoms with van der Waals surface area (Å²) in [5.74, 6) is 0.449. The van der Waals surface area contributed by atoms with Crippen molar-refractivity contribution in [1.82, 2.24) is 4.90 Å². The van der Waals surface area contributed by atoms with E-state index in [-0.39, 0.29) is 10.8 Å². The van der Waals surface area contributed by atoms with Gasteiger partial charge in [0, 0.05) is 31.5 Å². The Labute approximate surface area is 195 Å². The molecule has 0 unspecified atom stereocenters. The number of sulfonamides is 1. The Morgan fingerprint density at radius 2 is 1.61 bits per heavy atom. The van der Waals surface area contributed by atoms with Crippen molar-refractivity contribution in [2.24, 2.45) is 0 Å². The van der Waals surface area contributed by atoms with Gasteiger partial charge in [-0.25, -0.2) is 8.42 Å². The van der Waals surface area contributed by atoms with Gasteiger partial charge in [0.2, 0.25) is 0 Å². The number of methoxy groups -OCH3 is 1. The zero-order chi connectivity index (χ0) is 23.7. The maximum absolute atomic E-state index is 13.1. The van der Waals surface area contributed by atoms with Crippen LogP contribution in [-0.4, -0.2) is 46.1 Å². The lowest BCUT2D eigenvalue weighted by Gasteiger charge is -2.23. The number of hydrogen-bond acceptors (Lipinski definition) is 5. The minimum absolute atomic E-state index is 0.125. The van der Waals surface area contributed by atoms with E-state index >= 15 is 0 Å². The van der Waals surface area contributed by atoms with Crippen LogP contribution in [0, 0.1) is 0 Å². The molecule has 3 aromatic rings. The van der Waals surface area contributed by atoms with Crippen LogP contribution in [-0.2, 0) is 21.3 Å². The van der Waals surface area contributed by atoms with Crippen molar-refractivity contribution in [3.8, 4) is 5.75 Å². The molecule has 0 heterocycles. The zero-order valence-electron chi connectivity index (χ0n) is 18.7. The van der Waals surface area contributed by atoms with Gasteiger partial charge in [0.05, 0.1) is 18.1 Å². The standard InChI is InChI=1S/C25H28N2O5S/c1-3-32-23-13-15-24(16-14-23)33(29,30)26-22-11-9-21(10-12-22)25(28)27(17-18-31-2)19-20-7-5-4-6-8-20/h4-16,26H,3,17-19H2,1-2H3. The average Bonchev–Trinajstić information content (AvgIpc) is 2.83. The van der Waals surface area contributed by atoms with Gasteiger partial charge in [-0.15, -0.1) is 0 Å². The van der Waals surface area contributed by atoms with E-state index in [1.54, 1.807) is 48.4 Å². The molecule has 0 saturated carbocycles. The van der Waals surface area contributed by atoms with Crippen molar-refractivity contribution in [3.05, 3.63) is 90.0 Å². The van der Waals surface area contributed by atoms with Crippen LogP contribution >= 0.6 is 0 Å². The zero-order valence-corrected chi connectivity index (χ0v) is 19.5. The predicted molar refractivity (Wildman–Crippen MR) is 128 cm³/mol. The summed E-state index contributed by atoms with van der Waals surface area (Å²) in [4.78, 5) is 14.9. The van der Waals surface area contributed by atoms with Gasteiger partial charge in [-0.3, -0.25) is 9.52 Å². The second-order valence-electron chi connectivity index (χ2n) is 7.29. The van der Waals surface area contributed by atoms with Gasteiger partial charge in [-0.1, -0.05) is 30.3 Å². The molecule has 1 amide bonds. The van der Waals surface area contributed by atoms with Gasteiger partial charge in [-0.05, 0) is 61.0 Å². The fraction of sp³-hybridized carbons (Fsp3) is 0.240. The summed E-state index contributed by atoms with van der Waals surface area (Å²) in [5.41, 5.74) is 1.85. The highest BCUT2D eigenvalue weighted by Gasteiger charge is 2.18. The minimum Gasteiger partial charge on any atom is -0.494 e. The molecule has 0 fully saturated rings. The smallest absolute Gasteiger partial charge is 0.261 e. The molecule has 3 rings (SSSR count). The molecule has 0 spiro atoms. The SMILES string of the molecule is CCOc1ccc(S(=O)(=O)Nc2ccc(C(=O)N(CCOC)Cc3ccccc3)cc2)cc1. The summed E-state index contributed by atoms with van der Waals surface area (Å²) in [5, 5.41) is 0. The van der Waals surface area contributed by atoms with Crippen molar-refractivity contribution < 1.29 is 22.7 Å². The molecular formula is C25H28N2O5S. The maximum atomic E-state index is 13.1. The molecule has 33 heavy (non-hydrogen) atoms. The number of hydrogen-bond donors (Lipinski definition) is 1. The van der Waals surface area contributed by atoms with Crippen LogP contribution in [0.5, 0.6) is 5.75 Å². The summed E-state index contributed by atoms with van der Waals surface area (Å²) in [6.45, 7) is 3.67. The Morgan fingerprint density at radius 3 is 2.21 bits per heavy atom. The van der Waals surface area contributed by atoms with Crippen LogP contribution in [0.15, 0.2) is 83.8 Å². The molecule has 0 atom stereocenters. The first kappa shape index (κ1) is 24.3. The Kier molecular flexibility index (Phi) is 8.46. The highest BCUT2D eigenvalue weighted by Crippen LogP contribution is 2.20. The number of carbonyl (C=O) groups excluding carboxylic acids is 1. The Morgan fingerprint density at radius 1 is 0.939 bits per heavy atom. The molecule has 0 aliphatic rings. The van der Waals surface area contributed by atoms with Gasteiger partial charge >= 0.3 is 0 Å². The molecule has 8 heteroatoms. The molecule has 0 aliphatic carbocycles. The fourth-order valence-electron chi connectivity index (χ4n) is 3.22. The van der Waals surface area contributed by atoms with E-state index in [0.29, 0.717) is 43.3 Å². The summed E-state index contributed by atoms with van der Waals surface area (Å²) in [6, 6.07) is 22.3. The number of carbonyl (C=O) groups is 1. The molecule has 3 aromatic carbocycles. The van der Waals surface area contributed by atoms with Crippen molar-refractivity contribution in [1.29, 1.82) is 0 Å². The Balaban J connectivity index is 1.71. The molecule has 1 N–H and O–H groups in total. The lowest BCUT2D eigenvalue weighted by Crippen LogP contribution is -2.33. The molecule has 0 aliphatic heterocycles. The van der Waals surface area contributed by atoms with Gasteiger partial charge in [0.15, 0.2) is 0 Å². The topological polar surface area (TPSA) is 84.9 Å². The van der Waals surface area contributed by atoms with E-state index < -0.39 is 10.0 Å².